The molecule has 1 aliphatic heterocycles. The van der Waals surface area contributed by atoms with Crippen LogP contribution in [0.1, 0.15) is 43.6 Å². The Labute approximate surface area is 123 Å². The standard InChI is InChI=1S/C18H28N2/c1-3-7-16(8-4-1)18(17-9-5-2-6-10-17)15-20-13-11-19-12-14-20/h1,3-4,7-8,17-19H,2,5-6,9-15H2. The Kier molecular flexibility index (Phi) is 5.10. The average molecular weight is 272 g/mol. The highest BCUT2D eigenvalue weighted by molar-refractivity contribution is 5.21. The minimum absolute atomic E-state index is 0.745. The van der Waals surface area contributed by atoms with Gasteiger partial charge in [-0.25, -0.2) is 0 Å². The van der Waals surface area contributed by atoms with Crippen molar-refractivity contribution in [3.8, 4) is 0 Å². The maximum absolute atomic E-state index is 3.47. The largest absolute Gasteiger partial charge is 0.314 e. The smallest absolute Gasteiger partial charge is 0.0108 e. The van der Waals surface area contributed by atoms with E-state index in [1.807, 2.05) is 0 Å². The van der Waals surface area contributed by atoms with Gasteiger partial charge in [0, 0.05) is 32.7 Å². The van der Waals surface area contributed by atoms with E-state index >= 15 is 0 Å². The van der Waals surface area contributed by atoms with E-state index in [1.54, 1.807) is 5.56 Å². The molecular formula is C18H28N2. The molecule has 1 heterocycles. The fourth-order valence-corrected chi connectivity index (χ4v) is 3.94. The quantitative estimate of drug-likeness (QED) is 0.905. The molecule has 1 aromatic rings. The fraction of sp³-hybridized carbons (Fsp3) is 0.667. The van der Waals surface area contributed by atoms with Crippen molar-refractivity contribution in [1.29, 1.82) is 0 Å². The van der Waals surface area contributed by atoms with E-state index in [0.717, 1.165) is 24.9 Å². The summed E-state index contributed by atoms with van der Waals surface area (Å²) in [7, 11) is 0. The zero-order valence-corrected chi connectivity index (χ0v) is 12.6. The summed E-state index contributed by atoms with van der Waals surface area (Å²) < 4.78 is 0. The van der Waals surface area contributed by atoms with Crippen molar-refractivity contribution < 1.29 is 0 Å². The highest BCUT2D eigenvalue weighted by Gasteiger charge is 2.27. The molecule has 1 saturated carbocycles. The van der Waals surface area contributed by atoms with E-state index < -0.39 is 0 Å². The third kappa shape index (κ3) is 3.62. The van der Waals surface area contributed by atoms with E-state index in [4.69, 9.17) is 0 Å². The van der Waals surface area contributed by atoms with Gasteiger partial charge in [0.05, 0.1) is 0 Å². The number of hydrogen-bond acceptors (Lipinski definition) is 2. The first-order valence-corrected chi connectivity index (χ1v) is 8.41. The van der Waals surface area contributed by atoms with E-state index in [0.29, 0.717) is 0 Å². The van der Waals surface area contributed by atoms with Crippen LogP contribution in [0.5, 0.6) is 0 Å². The highest BCUT2D eigenvalue weighted by atomic mass is 15.2. The summed E-state index contributed by atoms with van der Waals surface area (Å²) in [5.41, 5.74) is 1.57. The number of nitrogens with one attached hydrogen (secondary N) is 1. The molecule has 0 radical (unpaired) electrons. The predicted octanol–water partition coefficient (Wildman–Crippen LogP) is 3.26. The lowest BCUT2D eigenvalue weighted by molar-refractivity contribution is 0.187. The van der Waals surface area contributed by atoms with Crippen molar-refractivity contribution >= 4 is 0 Å². The zero-order valence-electron chi connectivity index (χ0n) is 12.6. The molecule has 1 atom stereocenters. The van der Waals surface area contributed by atoms with Crippen LogP contribution in [-0.2, 0) is 0 Å². The van der Waals surface area contributed by atoms with E-state index in [2.05, 4.69) is 40.5 Å². The van der Waals surface area contributed by atoms with E-state index in [9.17, 15) is 0 Å². The van der Waals surface area contributed by atoms with Gasteiger partial charge in [0.2, 0.25) is 0 Å². The zero-order chi connectivity index (χ0) is 13.6. The summed E-state index contributed by atoms with van der Waals surface area (Å²) in [4.78, 5) is 2.67. The lowest BCUT2D eigenvalue weighted by Crippen LogP contribution is -2.45. The second-order valence-corrected chi connectivity index (χ2v) is 6.47. The minimum Gasteiger partial charge on any atom is -0.314 e. The Morgan fingerprint density at radius 2 is 1.70 bits per heavy atom. The van der Waals surface area contributed by atoms with Gasteiger partial charge in [-0.2, -0.15) is 0 Å². The van der Waals surface area contributed by atoms with Gasteiger partial charge < -0.3 is 10.2 Å². The van der Waals surface area contributed by atoms with Crippen LogP contribution < -0.4 is 5.32 Å². The summed E-state index contributed by atoms with van der Waals surface area (Å²) in [6.45, 7) is 6.01. The Bertz CT molecular complexity index is 378. The third-order valence-electron chi connectivity index (χ3n) is 5.11. The molecule has 1 aliphatic carbocycles. The molecule has 2 heteroatoms. The first-order valence-electron chi connectivity index (χ1n) is 8.41. The van der Waals surface area contributed by atoms with E-state index in [-0.39, 0.29) is 0 Å². The third-order valence-corrected chi connectivity index (χ3v) is 5.11. The van der Waals surface area contributed by atoms with Crippen LogP contribution in [-0.4, -0.2) is 37.6 Å². The number of rotatable bonds is 4. The van der Waals surface area contributed by atoms with Crippen LogP contribution in [0.3, 0.4) is 0 Å². The summed E-state index contributed by atoms with van der Waals surface area (Å²) in [5.74, 6) is 1.65. The Morgan fingerprint density at radius 3 is 2.40 bits per heavy atom. The number of hydrogen-bond donors (Lipinski definition) is 1. The van der Waals surface area contributed by atoms with Crippen molar-refractivity contribution in [2.45, 2.75) is 38.0 Å². The normalized spacial score (nSPS) is 23.6. The molecule has 1 aromatic carbocycles. The second kappa shape index (κ2) is 7.24. The van der Waals surface area contributed by atoms with Crippen molar-refractivity contribution in [2.75, 3.05) is 32.7 Å². The summed E-state index contributed by atoms with van der Waals surface area (Å²) in [6.07, 6.45) is 7.20. The summed E-state index contributed by atoms with van der Waals surface area (Å²) in [6, 6.07) is 11.3. The topological polar surface area (TPSA) is 15.3 Å². The molecule has 0 aromatic heterocycles. The van der Waals surface area contributed by atoms with Crippen molar-refractivity contribution in [3.05, 3.63) is 35.9 Å². The van der Waals surface area contributed by atoms with Crippen LogP contribution in [0.15, 0.2) is 30.3 Å². The molecule has 0 spiro atoms. The molecule has 1 N–H and O–H groups in total. The maximum atomic E-state index is 3.47. The van der Waals surface area contributed by atoms with Crippen LogP contribution in [0, 0.1) is 5.92 Å². The minimum atomic E-state index is 0.745. The van der Waals surface area contributed by atoms with Gasteiger partial charge >= 0.3 is 0 Å². The monoisotopic (exact) mass is 272 g/mol. The number of nitrogens with zero attached hydrogens (tertiary/aromatic N) is 1. The van der Waals surface area contributed by atoms with Gasteiger partial charge in [0.25, 0.3) is 0 Å². The molecule has 110 valence electrons. The molecule has 20 heavy (non-hydrogen) atoms. The van der Waals surface area contributed by atoms with Gasteiger partial charge in [-0.1, -0.05) is 49.6 Å². The SMILES string of the molecule is c1ccc(C(CN2CCNCC2)C2CCCCC2)cc1. The van der Waals surface area contributed by atoms with Crippen LogP contribution >= 0.6 is 0 Å². The molecular weight excluding hydrogens is 244 g/mol. The summed E-state index contributed by atoms with van der Waals surface area (Å²) in [5, 5.41) is 3.47. The second-order valence-electron chi connectivity index (χ2n) is 6.47. The maximum Gasteiger partial charge on any atom is 0.0108 e. The van der Waals surface area contributed by atoms with Gasteiger partial charge in [-0.15, -0.1) is 0 Å². The van der Waals surface area contributed by atoms with Crippen LogP contribution in [0.25, 0.3) is 0 Å². The Balaban J connectivity index is 1.72. The van der Waals surface area contributed by atoms with Gasteiger partial charge in [-0.05, 0) is 30.2 Å². The fourth-order valence-electron chi connectivity index (χ4n) is 3.94. The molecule has 0 bridgehead atoms. The first kappa shape index (κ1) is 14.1. The van der Waals surface area contributed by atoms with Crippen molar-refractivity contribution in [1.82, 2.24) is 10.2 Å². The molecule has 2 fully saturated rings. The lowest BCUT2D eigenvalue weighted by atomic mass is 9.76. The van der Waals surface area contributed by atoms with Gasteiger partial charge in [-0.3, -0.25) is 0 Å². The molecule has 3 rings (SSSR count). The first-order chi connectivity index (χ1) is 9.93. The molecule has 2 aliphatic rings. The highest BCUT2D eigenvalue weighted by Crippen LogP contribution is 2.36. The summed E-state index contributed by atoms with van der Waals surface area (Å²) >= 11 is 0. The average Bonchev–Trinajstić information content (AvgIpc) is 2.55. The van der Waals surface area contributed by atoms with Crippen LogP contribution in [0.4, 0.5) is 0 Å². The Morgan fingerprint density at radius 1 is 1.00 bits per heavy atom. The Hall–Kier alpha value is -0.860. The number of benzene rings is 1. The van der Waals surface area contributed by atoms with Crippen LogP contribution in [0.2, 0.25) is 0 Å². The van der Waals surface area contributed by atoms with E-state index in [1.165, 1.54) is 51.7 Å². The van der Waals surface area contributed by atoms with Gasteiger partial charge in [0.15, 0.2) is 0 Å². The molecule has 2 nitrogen and oxygen atoms in total. The molecule has 1 saturated heterocycles. The van der Waals surface area contributed by atoms with Gasteiger partial charge in [0.1, 0.15) is 0 Å². The van der Waals surface area contributed by atoms with Crippen molar-refractivity contribution in [3.63, 3.8) is 0 Å². The number of piperazine rings is 1. The lowest BCUT2D eigenvalue weighted by Gasteiger charge is -2.36. The van der Waals surface area contributed by atoms with Crippen molar-refractivity contribution in [2.24, 2.45) is 5.92 Å². The molecule has 1 unspecified atom stereocenters. The molecule has 0 amide bonds. The predicted molar refractivity (Wildman–Crippen MR) is 85.1 cm³/mol.